The Morgan fingerprint density at radius 3 is 2.54 bits per heavy atom. The Bertz CT molecular complexity index is 776. The summed E-state index contributed by atoms with van der Waals surface area (Å²) in [6, 6.07) is 11.9. The highest BCUT2D eigenvalue weighted by Gasteiger charge is 2.28. The Balaban J connectivity index is 1.50. The number of carbonyl (C=O) groups is 1. The number of pyridine rings is 1. The van der Waals surface area contributed by atoms with E-state index in [1.54, 1.807) is 19.1 Å². The van der Waals surface area contributed by atoms with Gasteiger partial charge in [-0.3, -0.25) is 9.69 Å². The van der Waals surface area contributed by atoms with Gasteiger partial charge in [-0.1, -0.05) is 12.1 Å². The van der Waals surface area contributed by atoms with Crippen molar-refractivity contribution < 1.29 is 24.2 Å². The number of hydrogen-bond acceptors (Lipinski definition) is 4. The van der Waals surface area contributed by atoms with Crippen molar-refractivity contribution in [2.45, 2.75) is 6.54 Å². The predicted molar refractivity (Wildman–Crippen MR) is 107 cm³/mol. The molecule has 1 aliphatic heterocycles. The highest BCUT2D eigenvalue weighted by molar-refractivity contribution is 5.76. The van der Waals surface area contributed by atoms with E-state index in [2.05, 4.69) is 16.0 Å². The topological polar surface area (TPSA) is 60.6 Å². The van der Waals surface area contributed by atoms with Gasteiger partial charge in [0.15, 0.2) is 18.0 Å². The fourth-order valence-electron chi connectivity index (χ4n) is 3.51. The van der Waals surface area contributed by atoms with Crippen molar-refractivity contribution in [2.75, 3.05) is 58.9 Å². The Labute approximate surface area is 166 Å². The Kier molecular flexibility index (Phi) is 6.71. The van der Waals surface area contributed by atoms with E-state index in [1.807, 2.05) is 43.6 Å². The molecule has 0 atom stereocenters. The molecule has 1 fully saturated rings. The summed E-state index contributed by atoms with van der Waals surface area (Å²) < 4.78 is 10.6. The first-order valence-corrected chi connectivity index (χ1v) is 9.61. The number of benzene rings is 1. The van der Waals surface area contributed by atoms with Gasteiger partial charge in [0.05, 0.1) is 20.4 Å². The van der Waals surface area contributed by atoms with Crippen LogP contribution < -0.4 is 24.3 Å². The second kappa shape index (κ2) is 9.41. The van der Waals surface area contributed by atoms with Crippen molar-refractivity contribution in [3.8, 4) is 11.5 Å². The van der Waals surface area contributed by atoms with E-state index in [-0.39, 0.29) is 5.91 Å². The molecular formula is C21H30N4O3+2. The summed E-state index contributed by atoms with van der Waals surface area (Å²) in [5.41, 5.74) is 1.02. The van der Waals surface area contributed by atoms with Crippen LogP contribution in [-0.2, 0) is 11.3 Å². The molecule has 7 heteroatoms. The number of aromatic amines is 1. The van der Waals surface area contributed by atoms with Crippen molar-refractivity contribution in [2.24, 2.45) is 0 Å². The number of H-pyrrole nitrogens is 1. The van der Waals surface area contributed by atoms with Crippen LogP contribution in [0.3, 0.4) is 0 Å². The molecule has 0 unspecified atom stereocenters. The Hall–Kier alpha value is -2.80. The molecular weight excluding hydrogens is 356 g/mol. The largest absolute Gasteiger partial charge is 0.493 e. The zero-order chi connectivity index (χ0) is 19.9. The molecule has 2 aromatic rings. The molecule has 2 heterocycles. The molecule has 1 aromatic heterocycles. The number of anilines is 1. The third-order valence-electron chi connectivity index (χ3n) is 5.20. The van der Waals surface area contributed by atoms with Crippen molar-refractivity contribution >= 4 is 11.7 Å². The molecule has 1 aliphatic rings. The minimum Gasteiger partial charge on any atom is -0.493 e. The summed E-state index contributed by atoms with van der Waals surface area (Å²) in [5.74, 6) is 2.67. The average Bonchev–Trinajstić information content (AvgIpc) is 2.74. The minimum atomic E-state index is 0.157. The standard InChI is InChI=1S/C21H28N4O3/c1-23(15-17-7-8-18(27-2)19(14-17)28-3)21(26)16-24-10-12-25(13-11-24)20-6-4-5-9-22-20/h4-9,14H,10-13,15-16H2,1-3H3/p+2. The van der Waals surface area contributed by atoms with Gasteiger partial charge in [-0.25, -0.2) is 4.98 Å². The molecule has 150 valence electrons. The van der Waals surface area contributed by atoms with Crippen LogP contribution in [0.5, 0.6) is 11.5 Å². The number of rotatable bonds is 7. The van der Waals surface area contributed by atoms with Gasteiger partial charge in [0.25, 0.3) is 11.7 Å². The van der Waals surface area contributed by atoms with Crippen molar-refractivity contribution in [1.29, 1.82) is 0 Å². The van der Waals surface area contributed by atoms with Gasteiger partial charge in [0.1, 0.15) is 26.2 Å². The molecule has 28 heavy (non-hydrogen) atoms. The Morgan fingerprint density at radius 2 is 1.89 bits per heavy atom. The summed E-state index contributed by atoms with van der Waals surface area (Å²) in [4.78, 5) is 21.4. The lowest BCUT2D eigenvalue weighted by Gasteiger charge is -2.29. The molecule has 2 N–H and O–H groups in total. The molecule has 0 aliphatic carbocycles. The van der Waals surface area contributed by atoms with E-state index in [1.165, 1.54) is 4.90 Å². The molecule has 3 rings (SSSR count). The van der Waals surface area contributed by atoms with E-state index < -0.39 is 0 Å². The lowest BCUT2D eigenvalue weighted by atomic mass is 10.2. The molecule has 1 aromatic carbocycles. The van der Waals surface area contributed by atoms with Gasteiger partial charge in [0, 0.05) is 19.7 Å². The fraction of sp³-hybridized carbons (Fsp3) is 0.429. The van der Waals surface area contributed by atoms with E-state index in [0.717, 1.165) is 37.6 Å². The van der Waals surface area contributed by atoms with Crippen LogP contribution in [0.15, 0.2) is 42.6 Å². The predicted octanol–water partition coefficient (Wildman–Crippen LogP) is -0.119. The lowest BCUT2D eigenvalue weighted by molar-refractivity contribution is -0.892. The number of nitrogens with one attached hydrogen (secondary N) is 2. The van der Waals surface area contributed by atoms with Crippen LogP contribution in [0, 0.1) is 0 Å². The van der Waals surface area contributed by atoms with Crippen LogP contribution in [-0.4, -0.2) is 64.8 Å². The number of nitrogens with zero attached hydrogens (tertiary/aromatic N) is 2. The monoisotopic (exact) mass is 386 g/mol. The van der Waals surface area contributed by atoms with Gasteiger partial charge >= 0.3 is 0 Å². The maximum atomic E-state index is 12.7. The second-order valence-electron chi connectivity index (χ2n) is 7.10. The highest BCUT2D eigenvalue weighted by atomic mass is 16.5. The van der Waals surface area contributed by atoms with Crippen LogP contribution in [0.2, 0.25) is 0 Å². The van der Waals surface area contributed by atoms with Crippen molar-refractivity contribution in [3.05, 3.63) is 48.2 Å². The molecule has 7 nitrogen and oxygen atoms in total. The van der Waals surface area contributed by atoms with Crippen molar-refractivity contribution in [1.82, 2.24) is 4.90 Å². The average molecular weight is 386 g/mol. The number of piperazine rings is 1. The van der Waals surface area contributed by atoms with E-state index >= 15 is 0 Å². The second-order valence-corrected chi connectivity index (χ2v) is 7.10. The molecule has 0 bridgehead atoms. The first kappa shape index (κ1) is 19.9. The maximum Gasteiger partial charge on any atom is 0.277 e. The third-order valence-corrected chi connectivity index (χ3v) is 5.20. The van der Waals surface area contributed by atoms with Crippen LogP contribution in [0.4, 0.5) is 5.82 Å². The number of aromatic nitrogens is 1. The summed E-state index contributed by atoms with van der Waals surface area (Å²) in [6.45, 7) is 4.89. The Morgan fingerprint density at radius 1 is 1.14 bits per heavy atom. The van der Waals surface area contributed by atoms with Gasteiger partial charge in [-0.2, -0.15) is 0 Å². The summed E-state index contributed by atoms with van der Waals surface area (Å²) in [6.07, 6.45) is 1.95. The van der Waals surface area contributed by atoms with Gasteiger partial charge in [-0.15, -0.1) is 0 Å². The number of ether oxygens (including phenoxy) is 2. The number of quaternary nitrogens is 1. The smallest absolute Gasteiger partial charge is 0.277 e. The van der Waals surface area contributed by atoms with Crippen LogP contribution in [0.25, 0.3) is 0 Å². The SMILES string of the molecule is COc1ccc(CN(C)C(=O)C[NH+]2CCN(c3cccc[nH+]3)CC2)cc1OC. The number of methoxy groups -OCH3 is 2. The first-order valence-electron chi connectivity index (χ1n) is 9.61. The maximum absolute atomic E-state index is 12.7. The van der Waals surface area contributed by atoms with E-state index in [9.17, 15) is 4.79 Å². The molecule has 0 saturated carbocycles. The molecule has 1 saturated heterocycles. The molecule has 0 radical (unpaired) electrons. The van der Waals surface area contributed by atoms with E-state index in [0.29, 0.717) is 24.6 Å². The molecule has 1 amide bonds. The minimum absolute atomic E-state index is 0.157. The number of amides is 1. The number of carbonyl (C=O) groups excluding carboxylic acids is 1. The highest BCUT2D eigenvalue weighted by Crippen LogP contribution is 2.27. The first-order chi connectivity index (χ1) is 13.6. The summed E-state index contributed by atoms with van der Waals surface area (Å²) in [7, 11) is 5.09. The number of likely N-dealkylation sites (N-methyl/N-ethyl adjacent to an activating group) is 1. The van der Waals surface area contributed by atoms with Gasteiger partial charge in [0.2, 0.25) is 0 Å². The van der Waals surface area contributed by atoms with Crippen LogP contribution in [0.1, 0.15) is 5.56 Å². The summed E-state index contributed by atoms with van der Waals surface area (Å²) in [5, 5.41) is 0. The summed E-state index contributed by atoms with van der Waals surface area (Å²) >= 11 is 0. The lowest BCUT2D eigenvalue weighted by Crippen LogP contribution is -3.15. The number of hydrogen-bond donors (Lipinski definition) is 1. The van der Waals surface area contributed by atoms with Gasteiger partial charge < -0.3 is 19.3 Å². The molecule has 0 spiro atoms. The van der Waals surface area contributed by atoms with Crippen LogP contribution >= 0.6 is 0 Å². The zero-order valence-corrected chi connectivity index (χ0v) is 16.9. The van der Waals surface area contributed by atoms with E-state index in [4.69, 9.17) is 9.47 Å². The third kappa shape index (κ3) is 4.92. The quantitative estimate of drug-likeness (QED) is 0.721. The zero-order valence-electron chi connectivity index (χ0n) is 16.9. The fourth-order valence-corrected chi connectivity index (χ4v) is 3.51. The van der Waals surface area contributed by atoms with Crippen molar-refractivity contribution in [3.63, 3.8) is 0 Å². The normalized spacial score (nSPS) is 14.6. The van der Waals surface area contributed by atoms with Gasteiger partial charge in [-0.05, 0) is 23.8 Å².